The van der Waals surface area contributed by atoms with Crippen LogP contribution in [0.5, 0.6) is 5.75 Å². The fourth-order valence-electron chi connectivity index (χ4n) is 1.74. The second kappa shape index (κ2) is 8.66. The first-order valence-electron chi connectivity index (χ1n) is 6.78. The van der Waals surface area contributed by atoms with Gasteiger partial charge >= 0.3 is 6.03 Å². The summed E-state index contributed by atoms with van der Waals surface area (Å²) in [6, 6.07) is 14.7. The molecular weight excluding hydrogens is 368 g/mol. The lowest BCUT2D eigenvalue weighted by atomic mass is 10.2. The largest absolute Gasteiger partial charge is 0.492 e. The predicted molar refractivity (Wildman–Crippen MR) is 91.3 cm³/mol. The highest BCUT2D eigenvalue weighted by atomic mass is 79.9. The van der Waals surface area contributed by atoms with Gasteiger partial charge in [-0.1, -0.05) is 45.7 Å². The standard InChI is InChI=1S/C16H16BrClN2O2/c17-13-5-7-14(8-6-13)22-10-9-19-16(21)20-11-12-3-1-2-4-15(12)18/h1-8H,9-11H2,(H2,19,20,21). The first-order valence-corrected chi connectivity index (χ1v) is 7.96. The van der Waals surface area contributed by atoms with Crippen LogP contribution in [-0.2, 0) is 6.54 Å². The van der Waals surface area contributed by atoms with Gasteiger partial charge in [0.25, 0.3) is 0 Å². The lowest BCUT2D eigenvalue weighted by Gasteiger charge is -2.10. The smallest absolute Gasteiger partial charge is 0.315 e. The van der Waals surface area contributed by atoms with Crippen molar-refractivity contribution in [1.29, 1.82) is 0 Å². The van der Waals surface area contributed by atoms with E-state index in [2.05, 4.69) is 26.6 Å². The van der Waals surface area contributed by atoms with Gasteiger partial charge in [0.2, 0.25) is 0 Å². The van der Waals surface area contributed by atoms with Gasteiger partial charge in [-0.3, -0.25) is 0 Å². The maximum absolute atomic E-state index is 11.7. The number of carbonyl (C=O) groups is 1. The van der Waals surface area contributed by atoms with E-state index in [0.717, 1.165) is 15.8 Å². The van der Waals surface area contributed by atoms with Crippen molar-refractivity contribution in [3.63, 3.8) is 0 Å². The Morgan fingerprint density at radius 3 is 2.55 bits per heavy atom. The zero-order valence-electron chi connectivity index (χ0n) is 11.8. The van der Waals surface area contributed by atoms with Crippen molar-refractivity contribution in [2.75, 3.05) is 13.2 Å². The SMILES string of the molecule is O=C(NCCOc1ccc(Br)cc1)NCc1ccccc1Cl. The zero-order valence-corrected chi connectivity index (χ0v) is 14.2. The summed E-state index contributed by atoms with van der Waals surface area (Å²) >= 11 is 9.38. The minimum Gasteiger partial charge on any atom is -0.492 e. The van der Waals surface area contributed by atoms with Crippen molar-refractivity contribution in [1.82, 2.24) is 10.6 Å². The minimum absolute atomic E-state index is 0.251. The molecule has 22 heavy (non-hydrogen) atoms. The van der Waals surface area contributed by atoms with E-state index in [4.69, 9.17) is 16.3 Å². The van der Waals surface area contributed by atoms with Crippen LogP contribution in [0.3, 0.4) is 0 Å². The van der Waals surface area contributed by atoms with Gasteiger partial charge in [0.15, 0.2) is 0 Å². The third-order valence-electron chi connectivity index (χ3n) is 2.87. The number of amides is 2. The molecule has 0 spiro atoms. The molecule has 0 aromatic heterocycles. The molecule has 0 unspecified atom stereocenters. The summed E-state index contributed by atoms with van der Waals surface area (Å²) in [5, 5.41) is 6.12. The minimum atomic E-state index is -0.251. The topological polar surface area (TPSA) is 50.4 Å². The van der Waals surface area contributed by atoms with E-state index < -0.39 is 0 Å². The van der Waals surface area contributed by atoms with Crippen molar-refractivity contribution in [2.24, 2.45) is 0 Å². The average molecular weight is 384 g/mol. The molecule has 0 aliphatic heterocycles. The molecule has 0 saturated heterocycles. The molecule has 0 fully saturated rings. The Morgan fingerprint density at radius 2 is 1.82 bits per heavy atom. The van der Waals surface area contributed by atoms with Crippen LogP contribution >= 0.6 is 27.5 Å². The van der Waals surface area contributed by atoms with E-state index >= 15 is 0 Å². The summed E-state index contributed by atoms with van der Waals surface area (Å²) < 4.78 is 6.51. The van der Waals surface area contributed by atoms with Gasteiger partial charge in [0.05, 0.1) is 6.54 Å². The average Bonchev–Trinajstić information content (AvgIpc) is 2.52. The second-order valence-electron chi connectivity index (χ2n) is 4.50. The third-order valence-corrected chi connectivity index (χ3v) is 3.76. The van der Waals surface area contributed by atoms with Crippen molar-refractivity contribution in [3.05, 3.63) is 63.6 Å². The number of hydrogen-bond donors (Lipinski definition) is 2. The van der Waals surface area contributed by atoms with Crippen LogP contribution in [0.15, 0.2) is 53.0 Å². The summed E-state index contributed by atoms with van der Waals surface area (Å²) in [6.07, 6.45) is 0. The van der Waals surface area contributed by atoms with Gasteiger partial charge in [0, 0.05) is 16.0 Å². The van der Waals surface area contributed by atoms with E-state index in [0.29, 0.717) is 24.7 Å². The van der Waals surface area contributed by atoms with Crippen molar-refractivity contribution < 1.29 is 9.53 Å². The van der Waals surface area contributed by atoms with Crippen LogP contribution in [0, 0.1) is 0 Å². The number of hydrogen-bond acceptors (Lipinski definition) is 2. The Labute approximate surface area is 142 Å². The van der Waals surface area contributed by atoms with Crippen LogP contribution in [0.2, 0.25) is 5.02 Å². The Hall–Kier alpha value is -1.72. The molecule has 116 valence electrons. The predicted octanol–water partition coefficient (Wildman–Crippen LogP) is 3.98. The number of benzene rings is 2. The lowest BCUT2D eigenvalue weighted by molar-refractivity contribution is 0.236. The fourth-order valence-corrected chi connectivity index (χ4v) is 2.21. The van der Waals surface area contributed by atoms with Gasteiger partial charge in [-0.25, -0.2) is 4.79 Å². The Morgan fingerprint density at radius 1 is 1.09 bits per heavy atom. The van der Waals surface area contributed by atoms with E-state index in [-0.39, 0.29) is 6.03 Å². The van der Waals surface area contributed by atoms with Gasteiger partial charge in [0.1, 0.15) is 12.4 Å². The summed E-state index contributed by atoms with van der Waals surface area (Å²) in [5.74, 6) is 0.765. The molecule has 6 heteroatoms. The van der Waals surface area contributed by atoms with Gasteiger partial charge < -0.3 is 15.4 Å². The van der Waals surface area contributed by atoms with Crippen LogP contribution in [0.4, 0.5) is 4.79 Å². The van der Waals surface area contributed by atoms with Gasteiger partial charge in [-0.05, 0) is 35.9 Å². The number of ether oxygens (including phenoxy) is 1. The molecule has 0 bridgehead atoms. The number of nitrogens with one attached hydrogen (secondary N) is 2. The normalized spacial score (nSPS) is 10.1. The molecule has 0 heterocycles. The van der Waals surface area contributed by atoms with Crippen LogP contribution in [0.1, 0.15) is 5.56 Å². The Bertz CT molecular complexity index is 620. The van der Waals surface area contributed by atoms with E-state index in [9.17, 15) is 4.79 Å². The monoisotopic (exact) mass is 382 g/mol. The van der Waals surface area contributed by atoms with Crippen LogP contribution in [-0.4, -0.2) is 19.2 Å². The highest BCUT2D eigenvalue weighted by Crippen LogP contribution is 2.16. The molecule has 0 atom stereocenters. The number of halogens is 2. The molecule has 2 rings (SSSR count). The third kappa shape index (κ3) is 5.58. The number of rotatable bonds is 6. The summed E-state index contributed by atoms with van der Waals surface area (Å²) in [7, 11) is 0. The van der Waals surface area contributed by atoms with Crippen molar-refractivity contribution >= 4 is 33.6 Å². The lowest BCUT2D eigenvalue weighted by Crippen LogP contribution is -2.37. The second-order valence-corrected chi connectivity index (χ2v) is 5.83. The number of carbonyl (C=O) groups excluding carboxylic acids is 1. The van der Waals surface area contributed by atoms with Gasteiger partial charge in [-0.15, -0.1) is 0 Å². The van der Waals surface area contributed by atoms with E-state index in [1.807, 2.05) is 42.5 Å². The fraction of sp³-hybridized carbons (Fsp3) is 0.188. The first kappa shape index (κ1) is 16.6. The highest BCUT2D eigenvalue weighted by Gasteiger charge is 2.02. The zero-order chi connectivity index (χ0) is 15.8. The molecule has 0 aliphatic carbocycles. The highest BCUT2D eigenvalue weighted by molar-refractivity contribution is 9.10. The maximum Gasteiger partial charge on any atom is 0.315 e. The molecule has 0 saturated carbocycles. The molecule has 2 aromatic carbocycles. The number of urea groups is 1. The summed E-state index contributed by atoms with van der Waals surface area (Å²) in [4.78, 5) is 11.7. The van der Waals surface area contributed by atoms with Crippen molar-refractivity contribution in [3.8, 4) is 5.75 Å². The van der Waals surface area contributed by atoms with Crippen LogP contribution in [0.25, 0.3) is 0 Å². The van der Waals surface area contributed by atoms with Crippen LogP contribution < -0.4 is 15.4 Å². The van der Waals surface area contributed by atoms with Gasteiger partial charge in [-0.2, -0.15) is 0 Å². The first-order chi connectivity index (χ1) is 10.6. The molecule has 0 radical (unpaired) electrons. The molecule has 2 N–H and O–H groups in total. The van der Waals surface area contributed by atoms with E-state index in [1.165, 1.54) is 0 Å². The molecule has 4 nitrogen and oxygen atoms in total. The molecule has 0 aliphatic rings. The van der Waals surface area contributed by atoms with E-state index in [1.54, 1.807) is 6.07 Å². The van der Waals surface area contributed by atoms with Crippen molar-refractivity contribution in [2.45, 2.75) is 6.54 Å². The summed E-state index contributed by atoms with van der Waals surface area (Å²) in [6.45, 7) is 1.21. The Balaban J connectivity index is 1.64. The summed E-state index contributed by atoms with van der Waals surface area (Å²) in [5.41, 5.74) is 0.880. The molecule has 2 aromatic rings. The Kier molecular flexibility index (Phi) is 6.55. The molecule has 2 amide bonds. The maximum atomic E-state index is 11.7. The quantitative estimate of drug-likeness (QED) is 0.741. The molecular formula is C16H16BrClN2O2.